The van der Waals surface area contributed by atoms with Crippen LogP contribution in [0.1, 0.15) is 5.56 Å². The Hall–Kier alpha value is -1.02. The first-order valence-corrected chi connectivity index (χ1v) is 8.24. The summed E-state index contributed by atoms with van der Waals surface area (Å²) in [4.78, 5) is 0. The fourth-order valence-corrected chi connectivity index (χ4v) is 4.57. The van der Waals surface area contributed by atoms with Gasteiger partial charge in [-0.05, 0) is 6.07 Å². The Bertz CT molecular complexity index is 593. The maximum atomic E-state index is 13.6. The third kappa shape index (κ3) is 2.58. The van der Waals surface area contributed by atoms with E-state index in [-0.39, 0.29) is 23.5 Å². The molecule has 0 saturated carbocycles. The van der Waals surface area contributed by atoms with E-state index in [0.29, 0.717) is 26.2 Å². The van der Waals surface area contributed by atoms with E-state index in [2.05, 4.69) is 5.32 Å². The second-order valence-corrected chi connectivity index (χ2v) is 7.01. The molecule has 2 aliphatic rings. The summed E-state index contributed by atoms with van der Waals surface area (Å²) >= 11 is 0. The zero-order valence-electron chi connectivity index (χ0n) is 11.0. The molecule has 1 aromatic carbocycles. The van der Waals surface area contributed by atoms with Crippen molar-refractivity contribution in [1.29, 1.82) is 0 Å². The van der Waals surface area contributed by atoms with Crippen molar-refractivity contribution in [3.05, 3.63) is 35.6 Å². The smallest absolute Gasteiger partial charge is 0.218 e. The molecule has 2 fully saturated rings. The highest BCUT2D eigenvalue weighted by molar-refractivity contribution is 7.88. The molecule has 3 rings (SSSR count). The number of nitrogens with one attached hydrogen (secondary N) is 1. The van der Waals surface area contributed by atoms with Gasteiger partial charge in [0.15, 0.2) is 0 Å². The van der Waals surface area contributed by atoms with Crippen LogP contribution < -0.4 is 5.32 Å². The molecule has 2 atom stereocenters. The average molecular weight is 300 g/mol. The van der Waals surface area contributed by atoms with E-state index in [1.165, 1.54) is 16.4 Å². The molecule has 0 spiro atoms. The molecule has 0 bridgehead atoms. The highest BCUT2D eigenvalue weighted by Gasteiger charge is 2.41. The second-order valence-electron chi connectivity index (χ2n) is 5.09. The van der Waals surface area contributed by atoms with Gasteiger partial charge in [0.1, 0.15) is 5.82 Å². The Morgan fingerprint density at radius 3 is 2.95 bits per heavy atom. The van der Waals surface area contributed by atoms with Gasteiger partial charge >= 0.3 is 0 Å². The third-order valence-electron chi connectivity index (χ3n) is 3.79. The van der Waals surface area contributed by atoms with E-state index >= 15 is 0 Å². The maximum Gasteiger partial charge on any atom is 0.218 e. The summed E-state index contributed by atoms with van der Waals surface area (Å²) in [6.07, 6.45) is -0.0980. The molecule has 7 heteroatoms. The standard InChI is InChI=1S/C13H17FN2O3S/c14-11-4-2-1-3-10(11)9-20(17,18)16-5-6-19-13-8-15-7-12(13)16/h1-4,12-13,15H,5-9H2/t12-,13+/m0/s1. The van der Waals surface area contributed by atoms with E-state index in [4.69, 9.17) is 4.74 Å². The van der Waals surface area contributed by atoms with Crippen LogP contribution in [-0.2, 0) is 20.5 Å². The Morgan fingerprint density at radius 1 is 1.35 bits per heavy atom. The molecule has 0 radical (unpaired) electrons. The first-order chi connectivity index (χ1) is 9.58. The molecule has 1 aromatic rings. The van der Waals surface area contributed by atoms with Crippen LogP contribution in [0.4, 0.5) is 4.39 Å². The summed E-state index contributed by atoms with van der Waals surface area (Å²) in [5.41, 5.74) is 0.210. The highest BCUT2D eigenvalue weighted by Crippen LogP contribution is 2.23. The van der Waals surface area contributed by atoms with Crippen molar-refractivity contribution in [2.75, 3.05) is 26.2 Å². The molecule has 2 aliphatic heterocycles. The van der Waals surface area contributed by atoms with Crippen LogP contribution in [0.5, 0.6) is 0 Å². The van der Waals surface area contributed by atoms with Crippen LogP contribution >= 0.6 is 0 Å². The minimum absolute atomic E-state index is 0.0980. The normalized spacial score (nSPS) is 27.4. The van der Waals surface area contributed by atoms with Gasteiger partial charge in [-0.25, -0.2) is 12.8 Å². The fraction of sp³-hybridized carbons (Fsp3) is 0.538. The summed E-state index contributed by atoms with van der Waals surface area (Å²) in [5, 5.41) is 3.14. The number of sulfonamides is 1. The number of hydrogen-bond acceptors (Lipinski definition) is 4. The quantitative estimate of drug-likeness (QED) is 0.874. The van der Waals surface area contributed by atoms with Crippen molar-refractivity contribution in [2.45, 2.75) is 17.9 Å². The predicted molar refractivity (Wildman–Crippen MR) is 72.1 cm³/mol. The van der Waals surface area contributed by atoms with Crippen LogP contribution in [0.15, 0.2) is 24.3 Å². The number of morpholine rings is 1. The topological polar surface area (TPSA) is 58.6 Å². The second kappa shape index (κ2) is 5.40. The number of hydrogen-bond donors (Lipinski definition) is 1. The minimum atomic E-state index is -3.54. The first-order valence-electron chi connectivity index (χ1n) is 6.63. The zero-order valence-corrected chi connectivity index (χ0v) is 11.8. The van der Waals surface area contributed by atoms with Gasteiger partial charge in [-0.2, -0.15) is 4.31 Å². The summed E-state index contributed by atoms with van der Waals surface area (Å²) in [5.74, 6) is -0.784. The lowest BCUT2D eigenvalue weighted by atomic mass is 10.2. The van der Waals surface area contributed by atoms with Crippen molar-refractivity contribution in [3.63, 3.8) is 0 Å². The lowest BCUT2D eigenvalue weighted by Crippen LogP contribution is -2.53. The molecular weight excluding hydrogens is 283 g/mol. The molecule has 0 amide bonds. The van der Waals surface area contributed by atoms with Crippen molar-refractivity contribution in [3.8, 4) is 0 Å². The highest BCUT2D eigenvalue weighted by atomic mass is 32.2. The van der Waals surface area contributed by atoms with Crippen LogP contribution in [0.2, 0.25) is 0 Å². The summed E-state index contributed by atoms with van der Waals surface area (Å²) < 4.78 is 45.7. The Labute approximate surface area is 117 Å². The van der Waals surface area contributed by atoms with E-state index in [9.17, 15) is 12.8 Å². The van der Waals surface area contributed by atoms with Crippen LogP contribution in [0.25, 0.3) is 0 Å². The van der Waals surface area contributed by atoms with Crippen LogP contribution in [0.3, 0.4) is 0 Å². The number of fused-ring (bicyclic) bond motifs is 1. The van der Waals surface area contributed by atoms with Gasteiger partial charge in [0.2, 0.25) is 10.0 Å². The van der Waals surface area contributed by atoms with Gasteiger partial charge in [-0.3, -0.25) is 0 Å². The number of halogens is 1. The average Bonchev–Trinajstić information content (AvgIpc) is 2.89. The Kier molecular flexibility index (Phi) is 3.76. The van der Waals surface area contributed by atoms with Gasteiger partial charge in [-0.1, -0.05) is 18.2 Å². The Morgan fingerprint density at radius 2 is 2.15 bits per heavy atom. The van der Waals surface area contributed by atoms with Crippen LogP contribution in [-0.4, -0.2) is 51.1 Å². The van der Waals surface area contributed by atoms with Crippen molar-refractivity contribution < 1.29 is 17.5 Å². The van der Waals surface area contributed by atoms with Crippen molar-refractivity contribution in [2.24, 2.45) is 0 Å². The van der Waals surface area contributed by atoms with Gasteiger partial charge in [0.25, 0.3) is 0 Å². The fourth-order valence-electron chi connectivity index (χ4n) is 2.80. The lowest BCUT2D eigenvalue weighted by Gasteiger charge is -2.35. The van der Waals surface area contributed by atoms with E-state index in [0.717, 1.165) is 0 Å². The molecule has 2 heterocycles. The van der Waals surface area contributed by atoms with Gasteiger partial charge in [0.05, 0.1) is 24.5 Å². The predicted octanol–water partition coefficient (Wildman–Crippen LogP) is 0.328. The van der Waals surface area contributed by atoms with Crippen molar-refractivity contribution in [1.82, 2.24) is 9.62 Å². The minimum Gasteiger partial charge on any atom is -0.374 e. The number of ether oxygens (including phenoxy) is 1. The largest absolute Gasteiger partial charge is 0.374 e. The molecular formula is C13H17FN2O3S. The monoisotopic (exact) mass is 300 g/mol. The molecule has 20 heavy (non-hydrogen) atoms. The van der Waals surface area contributed by atoms with E-state index in [1.807, 2.05) is 0 Å². The number of rotatable bonds is 3. The Balaban J connectivity index is 1.83. The maximum absolute atomic E-state index is 13.6. The summed E-state index contributed by atoms with van der Waals surface area (Å²) in [6, 6.07) is 5.81. The van der Waals surface area contributed by atoms with Gasteiger partial charge < -0.3 is 10.1 Å². The molecule has 0 aliphatic carbocycles. The first kappa shape index (κ1) is 13.9. The van der Waals surface area contributed by atoms with Crippen molar-refractivity contribution >= 4 is 10.0 Å². The molecule has 2 saturated heterocycles. The number of benzene rings is 1. The molecule has 0 aromatic heterocycles. The van der Waals surface area contributed by atoms with Gasteiger partial charge in [-0.15, -0.1) is 0 Å². The van der Waals surface area contributed by atoms with Gasteiger partial charge in [0, 0.05) is 25.2 Å². The summed E-state index contributed by atoms with van der Waals surface area (Å²) in [6.45, 7) is 1.97. The SMILES string of the molecule is O=S(=O)(Cc1ccccc1F)N1CCO[C@@H]2CNC[C@@H]21. The third-order valence-corrected chi connectivity index (χ3v) is 5.64. The molecule has 110 valence electrons. The molecule has 1 N–H and O–H groups in total. The van der Waals surface area contributed by atoms with E-state index < -0.39 is 15.8 Å². The zero-order chi connectivity index (χ0) is 14.2. The number of nitrogens with zero attached hydrogens (tertiary/aromatic N) is 1. The summed E-state index contributed by atoms with van der Waals surface area (Å²) in [7, 11) is -3.54. The van der Waals surface area contributed by atoms with E-state index in [1.54, 1.807) is 12.1 Å². The van der Waals surface area contributed by atoms with Crippen LogP contribution in [0, 0.1) is 5.82 Å². The molecule has 0 unspecified atom stereocenters. The lowest BCUT2D eigenvalue weighted by molar-refractivity contribution is -0.0149. The molecule has 5 nitrogen and oxygen atoms in total.